The Labute approximate surface area is 109 Å². The lowest BCUT2D eigenvalue weighted by Crippen LogP contribution is -2.22. The van der Waals surface area contributed by atoms with Gasteiger partial charge in [0.1, 0.15) is 0 Å². The third kappa shape index (κ3) is 3.28. The number of aliphatic carboxylic acids is 1. The van der Waals surface area contributed by atoms with Gasteiger partial charge < -0.3 is 5.11 Å². The molecular formula is C14H15F3O2. The van der Waals surface area contributed by atoms with Crippen molar-refractivity contribution >= 4 is 5.97 Å². The van der Waals surface area contributed by atoms with Crippen molar-refractivity contribution in [2.45, 2.75) is 32.1 Å². The van der Waals surface area contributed by atoms with Crippen molar-refractivity contribution in [2.75, 3.05) is 0 Å². The minimum atomic E-state index is -1.45. The molecular weight excluding hydrogens is 257 g/mol. The molecule has 1 aromatic rings. The van der Waals surface area contributed by atoms with E-state index >= 15 is 0 Å². The quantitative estimate of drug-likeness (QED) is 0.854. The fraction of sp³-hybridized carbons (Fsp3) is 0.500. The highest BCUT2D eigenvalue weighted by molar-refractivity contribution is 5.69. The summed E-state index contributed by atoms with van der Waals surface area (Å²) in [6.07, 6.45) is 3.08. The van der Waals surface area contributed by atoms with Crippen molar-refractivity contribution in [3.63, 3.8) is 0 Å². The van der Waals surface area contributed by atoms with Gasteiger partial charge in [-0.25, -0.2) is 13.2 Å². The molecule has 104 valence electrons. The van der Waals surface area contributed by atoms with Gasteiger partial charge in [0.25, 0.3) is 0 Å². The number of carbonyl (C=O) groups is 1. The average molecular weight is 272 g/mol. The summed E-state index contributed by atoms with van der Waals surface area (Å²) in [4.78, 5) is 10.8. The minimum absolute atomic E-state index is 0.208. The van der Waals surface area contributed by atoms with Crippen molar-refractivity contribution in [1.82, 2.24) is 0 Å². The Kier molecular flexibility index (Phi) is 4.12. The topological polar surface area (TPSA) is 37.3 Å². The Morgan fingerprint density at radius 1 is 1.11 bits per heavy atom. The van der Waals surface area contributed by atoms with Gasteiger partial charge in [0.2, 0.25) is 0 Å². The van der Waals surface area contributed by atoms with Gasteiger partial charge in [0, 0.05) is 0 Å². The van der Waals surface area contributed by atoms with Crippen LogP contribution in [0.4, 0.5) is 13.2 Å². The van der Waals surface area contributed by atoms with Gasteiger partial charge in [-0.2, -0.15) is 0 Å². The number of rotatable bonds is 3. The molecule has 0 bridgehead atoms. The van der Waals surface area contributed by atoms with Crippen molar-refractivity contribution in [3.05, 3.63) is 35.1 Å². The zero-order valence-corrected chi connectivity index (χ0v) is 10.3. The van der Waals surface area contributed by atoms with E-state index in [1.807, 2.05) is 0 Å². The summed E-state index contributed by atoms with van der Waals surface area (Å²) < 4.78 is 39.0. The van der Waals surface area contributed by atoms with Crippen molar-refractivity contribution in [1.29, 1.82) is 0 Å². The molecule has 2 rings (SSSR count). The van der Waals surface area contributed by atoms with Crippen LogP contribution in [0.1, 0.15) is 31.2 Å². The van der Waals surface area contributed by atoms with Crippen LogP contribution in [-0.4, -0.2) is 11.1 Å². The highest BCUT2D eigenvalue weighted by Gasteiger charge is 2.26. The molecule has 1 aromatic carbocycles. The van der Waals surface area contributed by atoms with Crippen LogP contribution in [-0.2, 0) is 11.2 Å². The molecule has 0 aliphatic heterocycles. The summed E-state index contributed by atoms with van der Waals surface area (Å²) in [5, 5.41) is 8.88. The highest BCUT2D eigenvalue weighted by atomic mass is 19.2. The van der Waals surface area contributed by atoms with Crippen LogP contribution in [0.25, 0.3) is 0 Å². The normalized spacial score (nSPS) is 23.3. The van der Waals surface area contributed by atoms with Gasteiger partial charge in [-0.3, -0.25) is 4.79 Å². The van der Waals surface area contributed by atoms with Crippen LogP contribution >= 0.6 is 0 Å². The van der Waals surface area contributed by atoms with E-state index < -0.39 is 23.4 Å². The highest BCUT2D eigenvalue weighted by Crippen LogP contribution is 2.31. The molecule has 0 unspecified atom stereocenters. The molecule has 0 atom stereocenters. The van der Waals surface area contributed by atoms with Crippen LogP contribution in [0.15, 0.2) is 12.1 Å². The lowest BCUT2D eigenvalue weighted by Gasteiger charge is -2.26. The van der Waals surface area contributed by atoms with Crippen molar-refractivity contribution in [3.8, 4) is 0 Å². The number of hydrogen-bond donors (Lipinski definition) is 1. The molecule has 5 heteroatoms. The zero-order valence-electron chi connectivity index (χ0n) is 10.3. The fourth-order valence-corrected chi connectivity index (χ4v) is 2.67. The molecule has 0 radical (unpaired) electrons. The van der Waals surface area contributed by atoms with E-state index in [4.69, 9.17) is 5.11 Å². The molecule has 1 fully saturated rings. The van der Waals surface area contributed by atoms with E-state index in [9.17, 15) is 18.0 Å². The van der Waals surface area contributed by atoms with E-state index in [0.29, 0.717) is 24.8 Å². The van der Waals surface area contributed by atoms with E-state index in [2.05, 4.69) is 0 Å². The average Bonchev–Trinajstić information content (AvgIpc) is 2.36. The molecule has 1 N–H and O–H groups in total. The van der Waals surface area contributed by atoms with Crippen molar-refractivity contribution < 1.29 is 23.1 Å². The van der Waals surface area contributed by atoms with Gasteiger partial charge in [-0.15, -0.1) is 0 Å². The van der Waals surface area contributed by atoms with E-state index in [-0.39, 0.29) is 11.8 Å². The van der Waals surface area contributed by atoms with Crippen molar-refractivity contribution in [2.24, 2.45) is 11.8 Å². The van der Waals surface area contributed by atoms with Crippen LogP contribution in [0.2, 0.25) is 0 Å². The maximum Gasteiger partial charge on any atom is 0.306 e. The maximum atomic E-state index is 13.1. The first-order chi connectivity index (χ1) is 8.97. The Morgan fingerprint density at radius 2 is 1.63 bits per heavy atom. The van der Waals surface area contributed by atoms with Crippen LogP contribution in [0.3, 0.4) is 0 Å². The molecule has 0 aromatic heterocycles. The molecule has 1 saturated carbocycles. The lowest BCUT2D eigenvalue weighted by atomic mass is 9.79. The predicted molar refractivity (Wildman–Crippen MR) is 63.1 cm³/mol. The number of benzene rings is 1. The Hall–Kier alpha value is -1.52. The summed E-state index contributed by atoms with van der Waals surface area (Å²) >= 11 is 0. The molecule has 19 heavy (non-hydrogen) atoms. The van der Waals surface area contributed by atoms with Gasteiger partial charge in [0.05, 0.1) is 5.92 Å². The second-order valence-electron chi connectivity index (χ2n) is 5.13. The first-order valence-corrected chi connectivity index (χ1v) is 6.33. The van der Waals surface area contributed by atoms with Crippen LogP contribution in [0, 0.1) is 29.3 Å². The van der Waals surface area contributed by atoms with Gasteiger partial charge in [-0.1, -0.05) is 0 Å². The second kappa shape index (κ2) is 5.63. The van der Waals surface area contributed by atoms with Gasteiger partial charge in [-0.05, 0) is 55.7 Å². The maximum absolute atomic E-state index is 13.1. The molecule has 0 saturated heterocycles. The Morgan fingerprint density at radius 3 is 2.11 bits per heavy atom. The Bertz CT molecular complexity index is 457. The summed E-state index contributed by atoms with van der Waals surface area (Å²) in [6, 6.07) is 2.03. The minimum Gasteiger partial charge on any atom is -0.481 e. The monoisotopic (exact) mass is 272 g/mol. The third-order valence-corrected chi connectivity index (χ3v) is 3.76. The number of carboxylic acids is 1. The summed E-state index contributed by atoms with van der Waals surface area (Å²) in [5.41, 5.74) is 0.426. The lowest BCUT2D eigenvalue weighted by molar-refractivity contribution is -0.143. The second-order valence-corrected chi connectivity index (χ2v) is 5.13. The molecule has 0 spiro atoms. The number of carboxylic acid groups (broad SMARTS) is 1. The van der Waals surface area contributed by atoms with Crippen LogP contribution in [0.5, 0.6) is 0 Å². The third-order valence-electron chi connectivity index (χ3n) is 3.76. The first kappa shape index (κ1) is 13.9. The Balaban J connectivity index is 1.98. The molecule has 0 amide bonds. The van der Waals surface area contributed by atoms with E-state index in [1.165, 1.54) is 0 Å². The van der Waals surface area contributed by atoms with Gasteiger partial charge in [0.15, 0.2) is 17.5 Å². The first-order valence-electron chi connectivity index (χ1n) is 6.33. The van der Waals surface area contributed by atoms with E-state index in [1.54, 1.807) is 0 Å². The van der Waals surface area contributed by atoms with Crippen LogP contribution < -0.4 is 0 Å². The summed E-state index contributed by atoms with van der Waals surface area (Å²) in [6.45, 7) is 0. The van der Waals surface area contributed by atoms with Gasteiger partial charge >= 0.3 is 5.97 Å². The summed E-state index contributed by atoms with van der Waals surface area (Å²) in [5.74, 6) is -4.67. The molecule has 0 heterocycles. The smallest absolute Gasteiger partial charge is 0.306 e. The zero-order chi connectivity index (χ0) is 14.0. The number of hydrogen-bond acceptors (Lipinski definition) is 1. The fourth-order valence-electron chi connectivity index (χ4n) is 2.67. The van der Waals surface area contributed by atoms with E-state index in [0.717, 1.165) is 25.0 Å². The molecule has 2 nitrogen and oxygen atoms in total. The molecule has 1 aliphatic carbocycles. The summed E-state index contributed by atoms with van der Waals surface area (Å²) in [7, 11) is 0. The SMILES string of the molecule is O=C(O)C1CCC(Cc2cc(F)c(F)c(F)c2)CC1. The predicted octanol–water partition coefficient (Wildman–Crippen LogP) is 3.54. The molecule has 1 aliphatic rings. The largest absolute Gasteiger partial charge is 0.481 e. The standard InChI is InChI=1S/C14H15F3O2/c15-11-6-9(7-12(16)13(11)17)5-8-1-3-10(4-2-8)14(18)19/h6-8,10H,1-5H2,(H,18,19). The number of halogens is 3.